The molecule has 0 radical (unpaired) electrons. The van der Waals surface area contributed by atoms with Crippen LogP contribution in [0.15, 0.2) is 30.5 Å². The van der Waals surface area contributed by atoms with E-state index in [9.17, 15) is 0 Å². The number of para-hydroxylation sites is 1. The van der Waals surface area contributed by atoms with Gasteiger partial charge in [0.1, 0.15) is 0 Å². The zero-order valence-corrected chi connectivity index (χ0v) is 10.9. The molecule has 3 aromatic rings. The normalized spacial score (nSPS) is 11.3. The molecule has 0 fully saturated rings. The fourth-order valence-corrected chi connectivity index (χ4v) is 2.62. The number of aromatic nitrogens is 3. The Morgan fingerprint density at radius 3 is 2.61 bits per heavy atom. The van der Waals surface area contributed by atoms with E-state index >= 15 is 0 Å². The molecule has 0 saturated heterocycles. The van der Waals surface area contributed by atoms with Crippen LogP contribution in [0.5, 0.6) is 0 Å². The summed E-state index contributed by atoms with van der Waals surface area (Å²) in [6.45, 7) is 0. The smallest absolute Gasteiger partial charge is 0.201 e. The lowest BCUT2D eigenvalue weighted by molar-refractivity contribution is 0.933. The second kappa shape index (κ2) is 3.78. The highest BCUT2D eigenvalue weighted by molar-refractivity contribution is 6.32. The van der Waals surface area contributed by atoms with E-state index in [0.717, 1.165) is 22.2 Å². The molecule has 5 heteroatoms. The number of imidazole rings is 1. The van der Waals surface area contributed by atoms with Gasteiger partial charge in [0.15, 0.2) is 5.15 Å². The van der Waals surface area contributed by atoms with Crippen LogP contribution in [0.25, 0.3) is 22.2 Å². The molecule has 1 aromatic carbocycles. The molecule has 4 nitrogen and oxygen atoms in total. The Labute approximate surface area is 110 Å². The fourth-order valence-electron chi connectivity index (χ4n) is 2.30. The second-order valence-corrected chi connectivity index (χ2v) is 4.70. The lowest BCUT2D eigenvalue weighted by atomic mass is 10.1. The SMILES string of the molecule is Cn1c(N)nc(Cl)c1-c1cn(C)c2ccccc12. The average molecular weight is 261 g/mol. The largest absolute Gasteiger partial charge is 0.369 e. The zero-order valence-electron chi connectivity index (χ0n) is 10.2. The van der Waals surface area contributed by atoms with Crippen LogP contribution in [0.4, 0.5) is 5.95 Å². The van der Waals surface area contributed by atoms with Gasteiger partial charge in [0, 0.05) is 36.8 Å². The predicted octanol–water partition coefficient (Wildman–Crippen LogP) is 2.81. The molecule has 3 rings (SSSR count). The van der Waals surface area contributed by atoms with Crippen LogP contribution in [0.2, 0.25) is 5.15 Å². The number of nitrogen functional groups attached to an aromatic ring is 1. The summed E-state index contributed by atoms with van der Waals surface area (Å²) >= 11 is 6.17. The summed E-state index contributed by atoms with van der Waals surface area (Å²) in [5.74, 6) is 0.419. The topological polar surface area (TPSA) is 48.8 Å². The summed E-state index contributed by atoms with van der Waals surface area (Å²) in [7, 11) is 3.88. The minimum Gasteiger partial charge on any atom is -0.369 e. The minimum atomic E-state index is 0.419. The third-order valence-electron chi connectivity index (χ3n) is 3.24. The second-order valence-electron chi connectivity index (χ2n) is 4.34. The van der Waals surface area contributed by atoms with Crippen molar-refractivity contribution < 1.29 is 0 Å². The lowest BCUT2D eigenvalue weighted by Crippen LogP contribution is -1.98. The number of halogens is 1. The van der Waals surface area contributed by atoms with Crippen molar-refractivity contribution in [2.75, 3.05) is 5.73 Å². The molecule has 92 valence electrons. The molecule has 0 aliphatic carbocycles. The number of hydrogen-bond acceptors (Lipinski definition) is 2. The number of fused-ring (bicyclic) bond motifs is 1. The van der Waals surface area contributed by atoms with E-state index in [1.807, 2.05) is 37.0 Å². The van der Waals surface area contributed by atoms with Gasteiger partial charge in [-0.05, 0) is 6.07 Å². The molecule has 2 heterocycles. The van der Waals surface area contributed by atoms with Gasteiger partial charge < -0.3 is 14.9 Å². The van der Waals surface area contributed by atoms with Gasteiger partial charge in [-0.1, -0.05) is 29.8 Å². The molecular weight excluding hydrogens is 248 g/mol. The van der Waals surface area contributed by atoms with Crippen molar-refractivity contribution in [3.63, 3.8) is 0 Å². The Bertz CT molecular complexity index is 739. The van der Waals surface area contributed by atoms with E-state index in [-0.39, 0.29) is 0 Å². The zero-order chi connectivity index (χ0) is 12.9. The molecule has 0 atom stereocenters. The van der Waals surface area contributed by atoms with Crippen LogP contribution in [0.3, 0.4) is 0 Å². The van der Waals surface area contributed by atoms with E-state index in [1.54, 1.807) is 0 Å². The quantitative estimate of drug-likeness (QED) is 0.731. The maximum Gasteiger partial charge on any atom is 0.201 e. The Kier molecular flexibility index (Phi) is 2.35. The van der Waals surface area contributed by atoms with Crippen molar-refractivity contribution in [3.8, 4) is 11.3 Å². The maximum absolute atomic E-state index is 6.17. The first-order valence-electron chi connectivity index (χ1n) is 5.61. The van der Waals surface area contributed by atoms with Crippen LogP contribution in [-0.4, -0.2) is 14.1 Å². The van der Waals surface area contributed by atoms with Crippen molar-refractivity contribution in [2.24, 2.45) is 14.1 Å². The van der Waals surface area contributed by atoms with Crippen molar-refractivity contribution in [1.29, 1.82) is 0 Å². The molecule has 0 unspecified atom stereocenters. The van der Waals surface area contributed by atoms with Gasteiger partial charge in [-0.3, -0.25) is 0 Å². The fraction of sp³-hybridized carbons (Fsp3) is 0.154. The van der Waals surface area contributed by atoms with E-state index < -0.39 is 0 Å². The standard InChI is InChI=1S/C13H13ClN4/c1-17-7-9(8-5-3-4-6-10(8)17)11-12(14)16-13(15)18(11)2/h3-7H,1-2H3,(H2,15,16). The first kappa shape index (κ1) is 11.2. The average Bonchev–Trinajstić information content (AvgIpc) is 2.79. The lowest BCUT2D eigenvalue weighted by Gasteiger charge is -2.02. The summed E-state index contributed by atoms with van der Waals surface area (Å²) in [5, 5.41) is 1.58. The summed E-state index contributed by atoms with van der Waals surface area (Å²) in [4.78, 5) is 4.10. The Morgan fingerprint density at radius 1 is 1.22 bits per heavy atom. The molecule has 18 heavy (non-hydrogen) atoms. The van der Waals surface area contributed by atoms with E-state index in [4.69, 9.17) is 17.3 Å². The molecule has 0 amide bonds. The highest BCUT2D eigenvalue weighted by Gasteiger charge is 2.17. The molecule has 0 aliphatic rings. The van der Waals surface area contributed by atoms with Crippen molar-refractivity contribution in [3.05, 3.63) is 35.6 Å². The minimum absolute atomic E-state index is 0.419. The van der Waals surface area contributed by atoms with Crippen LogP contribution in [0, 0.1) is 0 Å². The van der Waals surface area contributed by atoms with Gasteiger partial charge in [-0.2, -0.15) is 0 Å². The van der Waals surface area contributed by atoms with E-state index in [0.29, 0.717) is 11.1 Å². The highest BCUT2D eigenvalue weighted by atomic mass is 35.5. The monoisotopic (exact) mass is 260 g/mol. The number of nitrogens with two attached hydrogens (primary N) is 1. The molecular formula is C13H13ClN4. The van der Waals surface area contributed by atoms with Crippen LogP contribution < -0.4 is 5.73 Å². The highest BCUT2D eigenvalue weighted by Crippen LogP contribution is 2.35. The van der Waals surface area contributed by atoms with Gasteiger partial charge >= 0.3 is 0 Å². The van der Waals surface area contributed by atoms with Crippen molar-refractivity contribution in [2.45, 2.75) is 0 Å². The number of hydrogen-bond donors (Lipinski definition) is 1. The Morgan fingerprint density at radius 2 is 1.94 bits per heavy atom. The van der Waals surface area contributed by atoms with Crippen molar-refractivity contribution >= 4 is 28.5 Å². The van der Waals surface area contributed by atoms with Gasteiger partial charge in [0.2, 0.25) is 5.95 Å². The number of benzene rings is 1. The molecule has 2 N–H and O–H groups in total. The van der Waals surface area contributed by atoms with E-state index in [2.05, 4.69) is 21.7 Å². The first-order valence-corrected chi connectivity index (χ1v) is 5.99. The third kappa shape index (κ3) is 1.42. The number of nitrogens with zero attached hydrogens (tertiary/aromatic N) is 3. The molecule has 0 saturated carbocycles. The maximum atomic E-state index is 6.17. The summed E-state index contributed by atoms with van der Waals surface area (Å²) < 4.78 is 3.88. The van der Waals surface area contributed by atoms with Crippen LogP contribution >= 0.6 is 11.6 Å². The van der Waals surface area contributed by atoms with Gasteiger partial charge in [0.25, 0.3) is 0 Å². The summed E-state index contributed by atoms with van der Waals surface area (Å²) in [5.41, 5.74) is 8.85. The Balaban J connectivity index is 2.39. The van der Waals surface area contributed by atoms with Gasteiger partial charge in [-0.15, -0.1) is 0 Å². The number of aryl methyl sites for hydroxylation is 1. The van der Waals surface area contributed by atoms with Gasteiger partial charge in [0.05, 0.1) is 5.69 Å². The first-order chi connectivity index (χ1) is 8.59. The molecule has 2 aromatic heterocycles. The predicted molar refractivity (Wildman–Crippen MR) is 74.5 cm³/mol. The third-order valence-corrected chi connectivity index (χ3v) is 3.50. The van der Waals surface area contributed by atoms with Crippen LogP contribution in [0.1, 0.15) is 0 Å². The van der Waals surface area contributed by atoms with Gasteiger partial charge in [-0.25, -0.2) is 4.98 Å². The summed E-state index contributed by atoms with van der Waals surface area (Å²) in [6.07, 6.45) is 2.05. The molecule has 0 spiro atoms. The summed E-state index contributed by atoms with van der Waals surface area (Å²) in [6, 6.07) is 8.18. The molecule has 0 bridgehead atoms. The molecule has 0 aliphatic heterocycles. The number of rotatable bonds is 1. The number of anilines is 1. The van der Waals surface area contributed by atoms with Crippen LogP contribution in [-0.2, 0) is 14.1 Å². The van der Waals surface area contributed by atoms with E-state index in [1.165, 1.54) is 0 Å². The Hall–Kier alpha value is -1.94. The van der Waals surface area contributed by atoms with Crippen molar-refractivity contribution in [1.82, 2.24) is 14.1 Å².